The second-order valence-electron chi connectivity index (χ2n) is 6.39. The van der Waals surface area contributed by atoms with Gasteiger partial charge in [-0.2, -0.15) is 0 Å². The molecule has 0 aliphatic rings. The van der Waals surface area contributed by atoms with Crippen molar-refractivity contribution in [3.05, 3.63) is 76.0 Å². The molecule has 2 aromatic carbocycles. The lowest BCUT2D eigenvalue weighted by atomic mass is 10.0. The number of carbonyl (C=O) groups is 1. The van der Waals surface area contributed by atoms with E-state index < -0.39 is 4.92 Å². The van der Waals surface area contributed by atoms with Crippen molar-refractivity contribution in [1.29, 1.82) is 0 Å². The number of hydrogen-bond donors (Lipinski definition) is 1. The van der Waals surface area contributed by atoms with Crippen LogP contribution >= 0.6 is 0 Å². The maximum absolute atomic E-state index is 12.6. The summed E-state index contributed by atoms with van der Waals surface area (Å²) in [5.41, 5.74) is 2.97. The number of nitrogens with one attached hydrogen (secondary N) is 1. The minimum Gasteiger partial charge on any atom is -0.361 e. The predicted octanol–water partition coefficient (Wildman–Crippen LogP) is 4.23. The first-order valence-corrected chi connectivity index (χ1v) is 8.52. The van der Waals surface area contributed by atoms with Gasteiger partial charge in [0.25, 0.3) is 5.69 Å². The number of nitrogens with zero attached hydrogens (tertiary/aromatic N) is 2. The zero-order valence-corrected chi connectivity index (χ0v) is 14.8. The van der Waals surface area contributed by atoms with Crippen molar-refractivity contribution in [3.8, 4) is 0 Å². The lowest BCUT2D eigenvalue weighted by Crippen LogP contribution is -2.29. The van der Waals surface area contributed by atoms with Crippen molar-refractivity contribution in [2.24, 2.45) is 0 Å². The number of nitro benzene ring substituents is 1. The second kappa shape index (κ2) is 7.39. The first-order chi connectivity index (χ1) is 12.5. The molecule has 6 nitrogen and oxygen atoms in total. The van der Waals surface area contributed by atoms with Crippen LogP contribution in [0.4, 0.5) is 5.69 Å². The molecule has 1 atom stereocenters. The summed E-state index contributed by atoms with van der Waals surface area (Å²) in [6, 6.07) is 14.2. The van der Waals surface area contributed by atoms with Crippen LogP contribution in [0.25, 0.3) is 10.9 Å². The molecule has 0 spiro atoms. The van der Waals surface area contributed by atoms with E-state index in [9.17, 15) is 14.9 Å². The topological polar surface area (TPSA) is 79.2 Å². The summed E-state index contributed by atoms with van der Waals surface area (Å²) in [6.45, 7) is 1.88. The van der Waals surface area contributed by atoms with Crippen molar-refractivity contribution in [2.75, 3.05) is 7.05 Å². The Hall–Kier alpha value is -3.15. The van der Waals surface area contributed by atoms with Crippen LogP contribution in [0, 0.1) is 10.1 Å². The molecule has 0 saturated carbocycles. The van der Waals surface area contributed by atoms with Crippen molar-refractivity contribution >= 4 is 22.5 Å². The van der Waals surface area contributed by atoms with Gasteiger partial charge in [0.2, 0.25) is 5.91 Å². The zero-order chi connectivity index (χ0) is 18.7. The minimum absolute atomic E-state index is 0.00860. The molecule has 26 heavy (non-hydrogen) atoms. The van der Waals surface area contributed by atoms with Crippen LogP contribution < -0.4 is 0 Å². The summed E-state index contributed by atoms with van der Waals surface area (Å²) >= 11 is 0. The van der Waals surface area contributed by atoms with Gasteiger partial charge in [-0.1, -0.05) is 30.3 Å². The Morgan fingerprint density at radius 3 is 2.77 bits per heavy atom. The van der Waals surface area contributed by atoms with Gasteiger partial charge < -0.3 is 9.88 Å². The number of aromatic amines is 1. The van der Waals surface area contributed by atoms with Gasteiger partial charge in [0.15, 0.2) is 0 Å². The lowest BCUT2D eigenvalue weighted by Gasteiger charge is -2.25. The van der Waals surface area contributed by atoms with Gasteiger partial charge in [-0.25, -0.2) is 0 Å². The smallest absolute Gasteiger partial charge is 0.269 e. The van der Waals surface area contributed by atoms with Crippen LogP contribution in [0.1, 0.15) is 30.5 Å². The highest BCUT2D eigenvalue weighted by Crippen LogP contribution is 2.24. The molecule has 0 aliphatic carbocycles. The molecule has 3 aromatic rings. The second-order valence-corrected chi connectivity index (χ2v) is 6.39. The summed E-state index contributed by atoms with van der Waals surface area (Å²) in [5, 5.41) is 12.1. The number of amides is 1. The van der Waals surface area contributed by atoms with E-state index in [2.05, 4.69) is 4.98 Å². The number of para-hydroxylation sites is 1. The Morgan fingerprint density at radius 2 is 2.00 bits per heavy atom. The molecule has 0 aliphatic heterocycles. The fourth-order valence-corrected chi connectivity index (χ4v) is 3.09. The van der Waals surface area contributed by atoms with E-state index in [1.807, 2.05) is 37.4 Å². The number of nitro groups is 1. The molecule has 134 valence electrons. The fourth-order valence-electron chi connectivity index (χ4n) is 3.09. The highest BCUT2D eigenvalue weighted by atomic mass is 16.6. The molecule has 3 rings (SSSR count). The molecule has 1 heterocycles. The molecule has 1 unspecified atom stereocenters. The Balaban J connectivity index is 1.67. The number of rotatable bonds is 6. The monoisotopic (exact) mass is 351 g/mol. The Kier molecular flexibility index (Phi) is 5.02. The standard InChI is InChI=1S/C20H21N3O3/c1-14(15-6-5-7-17(12-15)23(25)26)22(2)20(24)11-10-16-13-21-19-9-4-3-8-18(16)19/h3-9,12-14,21H,10-11H2,1-2H3. The predicted molar refractivity (Wildman–Crippen MR) is 101 cm³/mol. The molecule has 1 aromatic heterocycles. The van der Waals surface area contributed by atoms with Crippen LogP contribution in [0.15, 0.2) is 54.7 Å². The molecular formula is C20H21N3O3. The third-order valence-electron chi connectivity index (χ3n) is 4.82. The minimum atomic E-state index is -0.422. The van der Waals surface area contributed by atoms with Crippen molar-refractivity contribution < 1.29 is 9.72 Å². The SMILES string of the molecule is CC(c1cccc([N+](=O)[O-])c1)N(C)C(=O)CCc1c[nH]c2ccccc12. The number of hydrogen-bond acceptors (Lipinski definition) is 3. The van der Waals surface area contributed by atoms with E-state index >= 15 is 0 Å². The molecule has 1 N–H and O–H groups in total. The first-order valence-electron chi connectivity index (χ1n) is 8.52. The maximum atomic E-state index is 12.6. The quantitative estimate of drug-likeness (QED) is 0.533. The van der Waals surface area contributed by atoms with Crippen LogP contribution in [-0.2, 0) is 11.2 Å². The number of H-pyrrole nitrogens is 1. The van der Waals surface area contributed by atoms with Crippen molar-refractivity contribution in [3.63, 3.8) is 0 Å². The van der Waals surface area contributed by atoms with Gasteiger partial charge in [-0.3, -0.25) is 14.9 Å². The first kappa shape index (κ1) is 17.7. The molecule has 0 saturated heterocycles. The summed E-state index contributed by atoms with van der Waals surface area (Å²) in [5.74, 6) is 0.00860. The van der Waals surface area contributed by atoms with E-state index in [0.29, 0.717) is 12.8 Å². The van der Waals surface area contributed by atoms with Crippen LogP contribution in [-0.4, -0.2) is 27.8 Å². The molecule has 6 heteroatoms. The third kappa shape index (κ3) is 3.59. The summed E-state index contributed by atoms with van der Waals surface area (Å²) < 4.78 is 0. The zero-order valence-electron chi connectivity index (χ0n) is 14.8. The Bertz CT molecular complexity index is 948. The van der Waals surface area contributed by atoms with Gasteiger partial charge in [0.1, 0.15) is 0 Å². The molecule has 0 bridgehead atoms. The molecule has 0 fully saturated rings. The third-order valence-corrected chi connectivity index (χ3v) is 4.82. The van der Waals surface area contributed by atoms with E-state index in [1.165, 1.54) is 12.1 Å². The average molecular weight is 351 g/mol. The van der Waals surface area contributed by atoms with Gasteiger partial charge in [-0.15, -0.1) is 0 Å². The highest BCUT2D eigenvalue weighted by Gasteiger charge is 2.19. The van der Waals surface area contributed by atoms with Crippen LogP contribution in [0.3, 0.4) is 0 Å². The summed E-state index contributed by atoms with van der Waals surface area (Å²) in [4.78, 5) is 28.0. The number of non-ortho nitro benzene ring substituents is 1. The normalized spacial score (nSPS) is 12.1. The van der Waals surface area contributed by atoms with Gasteiger partial charge in [-0.05, 0) is 30.5 Å². The number of benzene rings is 2. The van der Waals surface area contributed by atoms with E-state index in [4.69, 9.17) is 0 Å². The van der Waals surface area contributed by atoms with E-state index in [1.54, 1.807) is 24.1 Å². The number of fused-ring (bicyclic) bond motifs is 1. The molecule has 0 radical (unpaired) electrons. The Morgan fingerprint density at radius 1 is 1.23 bits per heavy atom. The van der Waals surface area contributed by atoms with Crippen LogP contribution in [0.5, 0.6) is 0 Å². The van der Waals surface area contributed by atoms with Gasteiger partial charge in [0, 0.05) is 42.7 Å². The summed E-state index contributed by atoms with van der Waals surface area (Å²) in [6.07, 6.45) is 2.98. The largest absolute Gasteiger partial charge is 0.361 e. The van der Waals surface area contributed by atoms with E-state index in [0.717, 1.165) is 22.0 Å². The number of aryl methyl sites for hydroxylation is 1. The molecule has 1 amide bonds. The maximum Gasteiger partial charge on any atom is 0.269 e. The Labute approximate surface area is 151 Å². The number of aromatic nitrogens is 1. The van der Waals surface area contributed by atoms with Crippen molar-refractivity contribution in [1.82, 2.24) is 9.88 Å². The fraction of sp³-hybridized carbons (Fsp3) is 0.250. The lowest BCUT2D eigenvalue weighted by molar-refractivity contribution is -0.384. The number of carbonyl (C=O) groups excluding carboxylic acids is 1. The molecular weight excluding hydrogens is 330 g/mol. The van der Waals surface area contributed by atoms with Crippen LogP contribution in [0.2, 0.25) is 0 Å². The average Bonchev–Trinajstić information content (AvgIpc) is 3.08. The summed E-state index contributed by atoms with van der Waals surface area (Å²) in [7, 11) is 1.74. The van der Waals surface area contributed by atoms with E-state index in [-0.39, 0.29) is 17.6 Å². The van der Waals surface area contributed by atoms with Gasteiger partial charge >= 0.3 is 0 Å². The highest BCUT2D eigenvalue weighted by molar-refractivity contribution is 5.84. The van der Waals surface area contributed by atoms with Gasteiger partial charge in [0.05, 0.1) is 11.0 Å². The van der Waals surface area contributed by atoms with Crippen molar-refractivity contribution in [2.45, 2.75) is 25.8 Å².